The third-order valence-corrected chi connectivity index (χ3v) is 7.08. The molecule has 1 fully saturated rings. The molecule has 0 saturated carbocycles. The van der Waals surface area contributed by atoms with Crippen LogP contribution in [0.1, 0.15) is 37.3 Å². The number of hydrogen-bond acceptors (Lipinski definition) is 4. The predicted molar refractivity (Wildman–Crippen MR) is 126 cm³/mol. The van der Waals surface area contributed by atoms with Crippen LogP contribution in [0.3, 0.4) is 0 Å². The molecule has 2 aromatic rings. The number of nitrogens with zero attached hydrogens (tertiary/aromatic N) is 2. The molecule has 4 rings (SSSR count). The van der Waals surface area contributed by atoms with Crippen molar-refractivity contribution < 1.29 is 9.59 Å². The number of thioether (sulfide) groups is 1. The molecule has 1 atom stereocenters. The molecule has 1 unspecified atom stereocenters. The van der Waals surface area contributed by atoms with E-state index in [9.17, 15) is 9.59 Å². The van der Waals surface area contributed by atoms with Crippen LogP contribution in [0, 0.1) is 5.92 Å². The van der Waals surface area contributed by atoms with E-state index >= 15 is 0 Å². The van der Waals surface area contributed by atoms with Crippen molar-refractivity contribution >= 4 is 29.3 Å². The Morgan fingerprint density at radius 2 is 1.90 bits per heavy atom. The van der Waals surface area contributed by atoms with Crippen LogP contribution in [-0.4, -0.2) is 42.1 Å². The van der Waals surface area contributed by atoms with E-state index in [-0.39, 0.29) is 11.8 Å². The molecule has 0 bridgehead atoms. The standard InChI is InChI=1S/C25H31N3O2S/c1-19-5-4-13-27(16-19)17-21-10-8-20(9-11-21)15-26-24(29)12-14-28-22-6-2-3-7-23(22)31-18-25(28)30/h2-3,6-11,19H,4-5,12-18H2,1H3,(H,26,29). The summed E-state index contributed by atoms with van der Waals surface area (Å²) >= 11 is 1.56. The third kappa shape index (κ3) is 5.89. The predicted octanol–water partition coefficient (Wildman–Crippen LogP) is 4.06. The Labute approximate surface area is 189 Å². The first-order valence-electron chi connectivity index (χ1n) is 11.2. The van der Waals surface area contributed by atoms with Crippen LogP contribution < -0.4 is 10.2 Å². The number of benzene rings is 2. The number of nitrogens with one attached hydrogen (secondary N) is 1. The molecule has 0 aromatic heterocycles. The normalized spacial score (nSPS) is 19.2. The van der Waals surface area contributed by atoms with Gasteiger partial charge in [-0.3, -0.25) is 14.5 Å². The van der Waals surface area contributed by atoms with Gasteiger partial charge in [0.25, 0.3) is 0 Å². The second-order valence-electron chi connectivity index (χ2n) is 8.63. The van der Waals surface area contributed by atoms with E-state index in [1.54, 1.807) is 16.7 Å². The van der Waals surface area contributed by atoms with Crippen LogP contribution in [0.25, 0.3) is 0 Å². The average molecular weight is 438 g/mol. The molecule has 1 saturated heterocycles. The lowest BCUT2D eigenvalue weighted by Crippen LogP contribution is -2.38. The van der Waals surface area contributed by atoms with Crippen LogP contribution in [0.5, 0.6) is 0 Å². The molecule has 2 aromatic carbocycles. The zero-order valence-electron chi connectivity index (χ0n) is 18.2. The Morgan fingerprint density at radius 3 is 2.71 bits per heavy atom. The number of rotatable bonds is 7. The van der Waals surface area contributed by atoms with Crippen molar-refractivity contribution in [3.05, 3.63) is 59.7 Å². The Bertz CT molecular complexity index is 915. The van der Waals surface area contributed by atoms with Gasteiger partial charge in [0.05, 0.1) is 11.4 Å². The summed E-state index contributed by atoms with van der Waals surface area (Å²) in [5.41, 5.74) is 3.33. The minimum absolute atomic E-state index is 0.0325. The van der Waals surface area contributed by atoms with Gasteiger partial charge in [0.15, 0.2) is 0 Å². The van der Waals surface area contributed by atoms with Crippen molar-refractivity contribution in [1.82, 2.24) is 10.2 Å². The molecule has 164 valence electrons. The monoisotopic (exact) mass is 437 g/mol. The fraction of sp³-hybridized carbons (Fsp3) is 0.440. The van der Waals surface area contributed by atoms with Crippen molar-refractivity contribution in [3.63, 3.8) is 0 Å². The van der Waals surface area contributed by atoms with Gasteiger partial charge in [0, 0.05) is 37.5 Å². The highest BCUT2D eigenvalue weighted by Crippen LogP contribution is 2.34. The summed E-state index contributed by atoms with van der Waals surface area (Å²) in [4.78, 5) is 30.1. The number of carbonyl (C=O) groups excluding carboxylic acids is 2. The van der Waals surface area contributed by atoms with Crippen molar-refractivity contribution in [3.8, 4) is 0 Å². The van der Waals surface area contributed by atoms with Gasteiger partial charge in [-0.2, -0.15) is 0 Å². The summed E-state index contributed by atoms with van der Waals surface area (Å²) in [5.74, 6) is 1.25. The van der Waals surface area contributed by atoms with E-state index in [2.05, 4.69) is 41.4 Å². The van der Waals surface area contributed by atoms with E-state index in [4.69, 9.17) is 0 Å². The first-order chi connectivity index (χ1) is 15.1. The molecule has 0 spiro atoms. The van der Waals surface area contributed by atoms with Crippen LogP contribution >= 0.6 is 11.8 Å². The van der Waals surface area contributed by atoms with Crippen molar-refractivity contribution in [1.29, 1.82) is 0 Å². The molecule has 2 aliphatic rings. The molecule has 6 heteroatoms. The molecular formula is C25H31N3O2S. The largest absolute Gasteiger partial charge is 0.352 e. The van der Waals surface area contributed by atoms with Crippen molar-refractivity contribution in [2.75, 3.05) is 30.3 Å². The zero-order valence-corrected chi connectivity index (χ0v) is 19.0. The highest BCUT2D eigenvalue weighted by Gasteiger charge is 2.24. The lowest BCUT2D eigenvalue weighted by atomic mass is 9.99. The smallest absolute Gasteiger partial charge is 0.237 e. The maximum absolute atomic E-state index is 12.4. The number of piperidine rings is 1. The SMILES string of the molecule is CC1CCCN(Cc2ccc(CNC(=O)CCN3C(=O)CSc4ccccc43)cc2)C1. The fourth-order valence-corrected chi connectivity index (χ4v) is 5.29. The van der Waals surface area contributed by atoms with Crippen molar-refractivity contribution in [2.24, 2.45) is 5.92 Å². The van der Waals surface area contributed by atoms with Gasteiger partial charge in [0.1, 0.15) is 0 Å². The summed E-state index contributed by atoms with van der Waals surface area (Å²) in [7, 11) is 0. The fourth-order valence-electron chi connectivity index (χ4n) is 4.35. The number of para-hydroxylation sites is 1. The molecule has 2 heterocycles. The third-order valence-electron chi connectivity index (χ3n) is 6.03. The van der Waals surface area contributed by atoms with E-state index in [1.807, 2.05) is 24.3 Å². The van der Waals surface area contributed by atoms with Gasteiger partial charge in [-0.15, -0.1) is 11.8 Å². The van der Waals surface area contributed by atoms with E-state index < -0.39 is 0 Å². The Hall–Kier alpha value is -2.31. The second-order valence-corrected chi connectivity index (χ2v) is 9.64. The molecule has 2 amide bonds. The molecule has 5 nitrogen and oxygen atoms in total. The highest BCUT2D eigenvalue weighted by atomic mass is 32.2. The summed E-state index contributed by atoms with van der Waals surface area (Å²) in [6.07, 6.45) is 2.93. The minimum atomic E-state index is -0.0325. The van der Waals surface area contributed by atoms with Gasteiger partial charge in [-0.25, -0.2) is 0 Å². The number of carbonyl (C=O) groups is 2. The number of fused-ring (bicyclic) bond motifs is 1. The first kappa shape index (κ1) is 21.9. The van der Waals surface area contributed by atoms with Gasteiger partial charge < -0.3 is 10.2 Å². The Morgan fingerprint density at radius 1 is 1.13 bits per heavy atom. The van der Waals surface area contributed by atoms with Gasteiger partial charge in [-0.05, 0) is 48.6 Å². The van der Waals surface area contributed by atoms with E-state index in [1.165, 1.54) is 31.5 Å². The van der Waals surface area contributed by atoms with Crippen LogP contribution in [0.15, 0.2) is 53.4 Å². The van der Waals surface area contributed by atoms with Gasteiger partial charge in [-0.1, -0.05) is 43.3 Å². The lowest BCUT2D eigenvalue weighted by molar-refractivity contribution is -0.121. The summed E-state index contributed by atoms with van der Waals surface area (Å²) in [6, 6.07) is 16.4. The maximum Gasteiger partial charge on any atom is 0.237 e. The lowest BCUT2D eigenvalue weighted by Gasteiger charge is -2.30. The Balaban J connectivity index is 1.23. The summed E-state index contributed by atoms with van der Waals surface area (Å²) in [5, 5.41) is 2.99. The maximum atomic E-state index is 12.4. The summed E-state index contributed by atoms with van der Waals surface area (Å²) < 4.78 is 0. The van der Waals surface area contributed by atoms with Crippen LogP contribution in [0.4, 0.5) is 5.69 Å². The van der Waals surface area contributed by atoms with E-state index in [0.717, 1.165) is 28.6 Å². The quantitative estimate of drug-likeness (QED) is 0.710. The topological polar surface area (TPSA) is 52.7 Å². The van der Waals surface area contributed by atoms with Crippen LogP contribution in [-0.2, 0) is 22.7 Å². The molecule has 0 radical (unpaired) electrons. The Kier molecular flexibility index (Phi) is 7.30. The van der Waals surface area contributed by atoms with Crippen LogP contribution in [0.2, 0.25) is 0 Å². The number of anilines is 1. The molecule has 31 heavy (non-hydrogen) atoms. The van der Waals surface area contributed by atoms with Gasteiger partial charge >= 0.3 is 0 Å². The average Bonchev–Trinajstić information content (AvgIpc) is 2.78. The van der Waals surface area contributed by atoms with Gasteiger partial charge in [0.2, 0.25) is 11.8 Å². The number of hydrogen-bond donors (Lipinski definition) is 1. The van der Waals surface area contributed by atoms with E-state index in [0.29, 0.717) is 25.3 Å². The summed E-state index contributed by atoms with van der Waals surface area (Å²) in [6.45, 7) is 6.62. The van der Waals surface area contributed by atoms with Crippen molar-refractivity contribution in [2.45, 2.75) is 44.2 Å². The molecule has 1 N–H and O–H groups in total. The zero-order chi connectivity index (χ0) is 21.6. The first-order valence-corrected chi connectivity index (χ1v) is 12.2. The number of amides is 2. The highest BCUT2D eigenvalue weighted by molar-refractivity contribution is 8.00. The second kappa shape index (κ2) is 10.3. The molecule has 0 aliphatic carbocycles. The molecular weight excluding hydrogens is 406 g/mol. The minimum Gasteiger partial charge on any atom is -0.352 e. The number of likely N-dealkylation sites (tertiary alicyclic amines) is 1. The molecule has 2 aliphatic heterocycles.